The van der Waals surface area contributed by atoms with Crippen LogP contribution in [-0.2, 0) is 23.7 Å². The maximum atomic E-state index is 11.6. The zero-order valence-electron chi connectivity index (χ0n) is 11.0. The molecule has 21 heavy (non-hydrogen) atoms. The number of aliphatic carboxylic acids is 1. The number of rotatable bonds is 8. The Kier molecular flexibility index (Phi) is 5.80. The van der Waals surface area contributed by atoms with Crippen molar-refractivity contribution in [1.29, 1.82) is 0 Å². The number of hydrogen-bond donors (Lipinski definition) is 3. The van der Waals surface area contributed by atoms with Crippen molar-refractivity contribution < 1.29 is 33.7 Å². The van der Waals surface area contributed by atoms with Gasteiger partial charge in [-0.05, 0) is 0 Å². The van der Waals surface area contributed by atoms with Crippen LogP contribution >= 0.6 is 7.37 Å². The lowest BCUT2D eigenvalue weighted by Crippen LogP contribution is -2.41. The first-order chi connectivity index (χ1) is 9.71. The summed E-state index contributed by atoms with van der Waals surface area (Å²) in [6, 6.07) is 0. The van der Waals surface area contributed by atoms with E-state index in [1.807, 2.05) is 0 Å². The molecule has 0 aromatic heterocycles. The molecule has 10 heteroatoms. The Morgan fingerprint density at radius 3 is 2.29 bits per heavy atom. The number of amides is 3. The van der Waals surface area contributed by atoms with E-state index >= 15 is 0 Å². The van der Waals surface area contributed by atoms with Gasteiger partial charge in [-0.25, -0.2) is 0 Å². The van der Waals surface area contributed by atoms with E-state index in [0.717, 1.165) is 17.1 Å². The summed E-state index contributed by atoms with van der Waals surface area (Å²) in [5.41, 5.74) is 0. The van der Waals surface area contributed by atoms with Crippen LogP contribution in [0.5, 0.6) is 0 Å². The van der Waals surface area contributed by atoms with Gasteiger partial charge in [-0.1, -0.05) is 0 Å². The molecule has 0 aromatic rings. The fraction of sp³-hybridized carbons (Fsp3) is 0.455. The highest BCUT2D eigenvalue weighted by molar-refractivity contribution is 7.58. The minimum Gasteiger partial charge on any atom is -0.481 e. The Balaban J connectivity index is 2.30. The third-order valence-corrected chi connectivity index (χ3v) is 4.51. The molecule has 0 bridgehead atoms. The lowest BCUT2D eigenvalue weighted by Gasteiger charge is -2.14. The fourth-order valence-electron chi connectivity index (χ4n) is 1.54. The van der Waals surface area contributed by atoms with E-state index < -0.39 is 44.0 Å². The van der Waals surface area contributed by atoms with Crippen LogP contribution in [0.2, 0.25) is 0 Å². The van der Waals surface area contributed by atoms with Gasteiger partial charge in [-0.2, -0.15) is 0 Å². The van der Waals surface area contributed by atoms with E-state index in [9.17, 15) is 28.6 Å². The molecule has 9 nitrogen and oxygen atoms in total. The van der Waals surface area contributed by atoms with Crippen LogP contribution in [0.3, 0.4) is 0 Å². The van der Waals surface area contributed by atoms with Crippen LogP contribution < -0.4 is 5.32 Å². The lowest BCUT2D eigenvalue weighted by molar-refractivity contribution is -0.141. The van der Waals surface area contributed by atoms with Gasteiger partial charge in [0.2, 0.25) is 13.3 Å². The summed E-state index contributed by atoms with van der Waals surface area (Å²) in [6.07, 6.45) is 1.02. The van der Waals surface area contributed by atoms with Crippen molar-refractivity contribution in [3.8, 4) is 0 Å². The molecule has 1 rings (SSSR count). The van der Waals surface area contributed by atoms with Crippen LogP contribution in [-0.4, -0.2) is 64.0 Å². The molecule has 0 spiro atoms. The number of imide groups is 1. The number of carboxylic acids is 1. The molecule has 0 saturated heterocycles. The van der Waals surface area contributed by atoms with Crippen molar-refractivity contribution in [3.63, 3.8) is 0 Å². The Morgan fingerprint density at radius 1 is 1.19 bits per heavy atom. The molecule has 1 aliphatic heterocycles. The highest BCUT2D eigenvalue weighted by Gasteiger charge is 2.26. The topological polar surface area (TPSA) is 141 Å². The third-order valence-electron chi connectivity index (χ3n) is 2.66. The SMILES string of the molecule is O=C(O)CCP(=O)(O)CCNC(=O)CN1C(=O)C=CC1=O. The van der Waals surface area contributed by atoms with E-state index in [2.05, 4.69) is 5.32 Å². The molecular formula is C11H15N2O7P. The Hall–Kier alpha value is -1.99. The number of nitrogens with one attached hydrogen (secondary N) is 1. The van der Waals surface area contributed by atoms with E-state index in [1.54, 1.807) is 0 Å². The molecule has 116 valence electrons. The molecule has 1 atom stereocenters. The summed E-state index contributed by atoms with van der Waals surface area (Å²) in [6.45, 7) is -0.606. The second-order valence-electron chi connectivity index (χ2n) is 4.38. The zero-order valence-corrected chi connectivity index (χ0v) is 11.9. The standard InChI is InChI=1S/C11H15N2O7P/c14-8(7-13-9(15)1-2-10(13)16)12-4-6-21(19,20)5-3-11(17)18/h1-2H,3-7H2,(H,12,14)(H,17,18)(H,19,20). The highest BCUT2D eigenvalue weighted by atomic mass is 31.2. The number of hydrogen-bond acceptors (Lipinski definition) is 5. The monoisotopic (exact) mass is 318 g/mol. The Labute approximate surface area is 120 Å². The van der Waals surface area contributed by atoms with Gasteiger partial charge in [0.25, 0.3) is 11.8 Å². The van der Waals surface area contributed by atoms with Crippen molar-refractivity contribution in [1.82, 2.24) is 10.2 Å². The van der Waals surface area contributed by atoms with Crippen LogP contribution in [0.1, 0.15) is 6.42 Å². The molecular weight excluding hydrogens is 303 g/mol. The molecule has 0 radical (unpaired) electrons. The van der Waals surface area contributed by atoms with Gasteiger partial charge in [0, 0.05) is 31.0 Å². The predicted octanol–water partition coefficient (Wildman–Crippen LogP) is -1.23. The van der Waals surface area contributed by atoms with Crippen LogP contribution in [0.4, 0.5) is 0 Å². The third kappa shape index (κ3) is 5.88. The molecule has 0 fully saturated rings. The summed E-state index contributed by atoms with van der Waals surface area (Å²) in [5, 5.41) is 10.7. The van der Waals surface area contributed by atoms with E-state index in [4.69, 9.17) is 5.11 Å². The largest absolute Gasteiger partial charge is 0.481 e. The average molecular weight is 318 g/mol. The summed E-state index contributed by atoms with van der Waals surface area (Å²) in [4.78, 5) is 54.4. The van der Waals surface area contributed by atoms with Gasteiger partial charge in [-0.15, -0.1) is 0 Å². The first-order valence-corrected chi connectivity index (χ1v) is 8.07. The normalized spacial score (nSPS) is 16.9. The maximum Gasteiger partial charge on any atom is 0.303 e. The first kappa shape index (κ1) is 17.1. The molecule has 3 amide bonds. The first-order valence-electron chi connectivity index (χ1n) is 6.04. The van der Waals surface area contributed by atoms with E-state index in [1.165, 1.54) is 0 Å². The molecule has 3 N–H and O–H groups in total. The number of carbonyl (C=O) groups is 4. The van der Waals surface area contributed by atoms with Gasteiger partial charge >= 0.3 is 5.97 Å². The molecule has 1 unspecified atom stereocenters. The van der Waals surface area contributed by atoms with E-state index in [-0.39, 0.29) is 18.9 Å². The number of carboxylic acid groups (broad SMARTS) is 1. The van der Waals surface area contributed by atoms with E-state index in [0.29, 0.717) is 0 Å². The summed E-state index contributed by atoms with van der Waals surface area (Å²) in [5.74, 6) is -3.00. The van der Waals surface area contributed by atoms with Crippen molar-refractivity contribution in [2.45, 2.75) is 6.42 Å². The molecule has 0 saturated carbocycles. The van der Waals surface area contributed by atoms with Crippen molar-refractivity contribution in [2.75, 3.05) is 25.4 Å². The van der Waals surface area contributed by atoms with Crippen LogP contribution in [0.15, 0.2) is 12.2 Å². The minimum absolute atomic E-state index is 0.143. The van der Waals surface area contributed by atoms with Crippen molar-refractivity contribution in [2.24, 2.45) is 0 Å². The Bertz CT molecular complexity index is 525. The summed E-state index contributed by atoms with van der Waals surface area (Å²) >= 11 is 0. The van der Waals surface area contributed by atoms with Gasteiger partial charge in [0.15, 0.2) is 0 Å². The lowest BCUT2D eigenvalue weighted by atomic mass is 10.5. The van der Waals surface area contributed by atoms with Gasteiger partial charge < -0.3 is 15.3 Å². The quantitative estimate of drug-likeness (QED) is 0.376. The number of carbonyl (C=O) groups excluding carboxylic acids is 3. The summed E-state index contributed by atoms with van der Waals surface area (Å²) < 4.78 is 11.6. The van der Waals surface area contributed by atoms with Gasteiger partial charge in [0.05, 0.1) is 6.42 Å². The molecule has 1 aliphatic rings. The molecule has 1 heterocycles. The van der Waals surface area contributed by atoms with Crippen LogP contribution in [0, 0.1) is 0 Å². The smallest absolute Gasteiger partial charge is 0.303 e. The average Bonchev–Trinajstić information content (AvgIpc) is 2.68. The van der Waals surface area contributed by atoms with Crippen molar-refractivity contribution >= 4 is 31.1 Å². The highest BCUT2D eigenvalue weighted by Crippen LogP contribution is 2.40. The van der Waals surface area contributed by atoms with Gasteiger partial charge in [-0.3, -0.25) is 28.6 Å². The summed E-state index contributed by atoms with van der Waals surface area (Å²) in [7, 11) is -3.62. The second kappa shape index (κ2) is 7.14. The van der Waals surface area contributed by atoms with Gasteiger partial charge in [0.1, 0.15) is 6.54 Å². The predicted molar refractivity (Wildman–Crippen MR) is 70.7 cm³/mol. The minimum atomic E-state index is -3.62. The zero-order chi connectivity index (χ0) is 16.0. The molecule has 0 aliphatic carbocycles. The van der Waals surface area contributed by atoms with Crippen LogP contribution in [0.25, 0.3) is 0 Å². The fourth-order valence-corrected chi connectivity index (χ4v) is 2.76. The second-order valence-corrected chi connectivity index (χ2v) is 6.97. The van der Waals surface area contributed by atoms with Crippen molar-refractivity contribution in [3.05, 3.63) is 12.2 Å². The molecule has 0 aromatic carbocycles. The maximum absolute atomic E-state index is 11.6. The Morgan fingerprint density at radius 2 is 1.76 bits per heavy atom. The number of nitrogens with zero attached hydrogens (tertiary/aromatic N) is 1.